The van der Waals surface area contributed by atoms with E-state index in [-0.39, 0.29) is 10.5 Å². The number of benzene rings is 2. The van der Waals surface area contributed by atoms with Gasteiger partial charge < -0.3 is 5.11 Å². The summed E-state index contributed by atoms with van der Waals surface area (Å²) in [5.41, 5.74) is 1.71. The molecule has 25 heavy (non-hydrogen) atoms. The van der Waals surface area contributed by atoms with Gasteiger partial charge in [-0.15, -0.1) is 0 Å². The molecule has 128 valence electrons. The molecule has 0 radical (unpaired) electrons. The largest absolute Gasteiger partial charge is 0.478 e. The Morgan fingerprint density at radius 1 is 1.12 bits per heavy atom. The zero-order valence-corrected chi connectivity index (χ0v) is 14.5. The fourth-order valence-electron chi connectivity index (χ4n) is 2.43. The third kappa shape index (κ3) is 3.06. The van der Waals surface area contributed by atoms with Gasteiger partial charge in [-0.2, -0.15) is 17.6 Å². The van der Waals surface area contributed by atoms with Crippen molar-refractivity contribution in [2.24, 2.45) is 0 Å². The standard InChI is InChI=1S/C18H16N2O4S/c1-12-7-9-14(10-8-12)25(23,24)20-17-6-4-3-5-15(17)16(19-20)11-13(2)18(21)22/h3-11H,1-2H3,(H,21,22). The van der Waals surface area contributed by atoms with E-state index in [9.17, 15) is 13.2 Å². The van der Waals surface area contributed by atoms with Crippen molar-refractivity contribution in [3.05, 3.63) is 65.4 Å². The SMILES string of the molecule is CC(=Cc1nn(S(=O)(=O)c2ccc(C)cc2)c2ccccc12)C(=O)O. The lowest BCUT2D eigenvalue weighted by atomic mass is 10.1. The fraction of sp³-hybridized carbons (Fsp3) is 0.111. The van der Waals surface area contributed by atoms with Crippen molar-refractivity contribution in [3.63, 3.8) is 0 Å². The molecule has 1 N–H and O–H groups in total. The molecule has 6 nitrogen and oxygen atoms in total. The predicted molar refractivity (Wildman–Crippen MR) is 94.8 cm³/mol. The van der Waals surface area contributed by atoms with Crippen LogP contribution in [0.2, 0.25) is 0 Å². The third-order valence-electron chi connectivity index (χ3n) is 3.82. The molecule has 0 unspecified atom stereocenters. The molecule has 2 aromatic carbocycles. The minimum Gasteiger partial charge on any atom is -0.478 e. The Balaban J connectivity index is 2.25. The first kappa shape index (κ1) is 16.9. The topological polar surface area (TPSA) is 89.3 Å². The number of aromatic nitrogens is 2. The highest BCUT2D eigenvalue weighted by molar-refractivity contribution is 7.90. The van der Waals surface area contributed by atoms with Crippen LogP contribution in [0.4, 0.5) is 0 Å². The van der Waals surface area contributed by atoms with Crippen LogP contribution in [0.3, 0.4) is 0 Å². The molecule has 0 spiro atoms. The molecular weight excluding hydrogens is 340 g/mol. The molecule has 0 saturated heterocycles. The highest BCUT2D eigenvalue weighted by atomic mass is 32.2. The summed E-state index contributed by atoms with van der Waals surface area (Å²) in [6.07, 6.45) is 1.37. The molecular formula is C18H16N2O4S. The van der Waals surface area contributed by atoms with Gasteiger partial charge in [0.2, 0.25) is 0 Å². The lowest BCUT2D eigenvalue weighted by molar-refractivity contribution is -0.132. The summed E-state index contributed by atoms with van der Waals surface area (Å²) in [6.45, 7) is 3.31. The van der Waals surface area contributed by atoms with Gasteiger partial charge in [0.25, 0.3) is 10.0 Å². The molecule has 0 atom stereocenters. The van der Waals surface area contributed by atoms with Crippen molar-refractivity contribution in [3.8, 4) is 0 Å². The maximum atomic E-state index is 13.0. The predicted octanol–water partition coefficient (Wildman–Crippen LogP) is 3.07. The lowest BCUT2D eigenvalue weighted by Crippen LogP contribution is -2.14. The number of aryl methyl sites for hydroxylation is 1. The third-order valence-corrected chi connectivity index (χ3v) is 5.42. The number of fused-ring (bicyclic) bond motifs is 1. The Morgan fingerprint density at radius 2 is 1.76 bits per heavy atom. The van der Waals surface area contributed by atoms with Crippen molar-refractivity contribution in [1.29, 1.82) is 0 Å². The van der Waals surface area contributed by atoms with Crippen LogP contribution in [0, 0.1) is 6.92 Å². The molecule has 0 aliphatic heterocycles. The van der Waals surface area contributed by atoms with Crippen molar-refractivity contribution in [1.82, 2.24) is 9.19 Å². The van der Waals surface area contributed by atoms with Gasteiger partial charge in [0, 0.05) is 11.0 Å². The van der Waals surface area contributed by atoms with E-state index in [4.69, 9.17) is 5.11 Å². The van der Waals surface area contributed by atoms with Crippen molar-refractivity contribution >= 4 is 33.0 Å². The molecule has 3 aromatic rings. The van der Waals surface area contributed by atoms with E-state index in [1.165, 1.54) is 25.1 Å². The summed E-state index contributed by atoms with van der Waals surface area (Å²) >= 11 is 0. The maximum Gasteiger partial charge on any atom is 0.331 e. The Labute approximate surface area is 145 Å². The van der Waals surface area contributed by atoms with E-state index in [0.29, 0.717) is 16.6 Å². The van der Waals surface area contributed by atoms with Gasteiger partial charge in [-0.25, -0.2) is 4.79 Å². The second-order valence-electron chi connectivity index (χ2n) is 5.70. The summed E-state index contributed by atoms with van der Waals surface area (Å²) in [4.78, 5) is 11.2. The Morgan fingerprint density at radius 3 is 2.40 bits per heavy atom. The molecule has 0 aliphatic carbocycles. The fourth-order valence-corrected chi connectivity index (χ4v) is 3.72. The van der Waals surface area contributed by atoms with Crippen molar-refractivity contribution in [2.45, 2.75) is 18.7 Å². The molecule has 0 fully saturated rings. The second-order valence-corrected chi connectivity index (χ2v) is 7.46. The minimum absolute atomic E-state index is 0.0723. The first-order valence-electron chi connectivity index (χ1n) is 7.52. The van der Waals surface area contributed by atoms with Crippen LogP contribution in [-0.2, 0) is 14.8 Å². The van der Waals surface area contributed by atoms with Crippen molar-refractivity contribution in [2.75, 3.05) is 0 Å². The van der Waals surface area contributed by atoms with E-state index < -0.39 is 16.0 Å². The molecule has 7 heteroatoms. The summed E-state index contributed by atoms with van der Waals surface area (Å²) in [7, 11) is -3.89. The smallest absolute Gasteiger partial charge is 0.331 e. The first-order valence-corrected chi connectivity index (χ1v) is 8.96. The molecule has 0 saturated carbocycles. The van der Waals surface area contributed by atoms with Crippen LogP contribution in [0.5, 0.6) is 0 Å². The van der Waals surface area contributed by atoms with Crippen LogP contribution in [0.1, 0.15) is 18.2 Å². The number of carboxylic acid groups (broad SMARTS) is 1. The summed E-state index contributed by atoms with van der Waals surface area (Å²) in [6, 6.07) is 13.3. The molecule has 1 heterocycles. The summed E-state index contributed by atoms with van der Waals surface area (Å²) < 4.78 is 26.9. The number of rotatable bonds is 4. The average Bonchev–Trinajstić information content (AvgIpc) is 2.95. The number of carboxylic acids is 1. The zero-order chi connectivity index (χ0) is 18.2. The number of hydrogen-bond donors (Lipinski definition) is 1. The average molecular weight is 356 g/mol. The summed E-state index contributed by atoms with van der Waals surface area (Å²) in [5, 5.41) is 13.8. The van der Waals surface area contributed by atoms with Crippen LogP contribution in [-0.4, -0.2) is 28.7 Å². The number of para-hydroxylation sites is 1. The van der Waals surface area contributed by atoms with Crippen LogP contribution >= 0.6 is 0 Å². The number of nitrogens with zero attached hydrogens (tertiary/aromatic N) is 2. The lowest BCUT2D eigenvalue weighted by Gasteiger charge is -2.06. The summed E-state index contributed by atoms with van der Waals surface area (Å²) in [5.74, 6) is -1.08. The van der Waals surface area contributed by atoms with Crippen LogP contribution in [0.15, 0.2) is 59.0 Å². The Bertz CT molecular complexity index is 1090. The number of aliphatic carboxylic acids is 1. The Kier molecular flexibility index (Phi) is 4.18. The number of hydrogen-bond acceptors (Lipinski definition) is 4. The zero-order valence-electron chi connectivity index (χ0n) is 13.7. The van der Waals surface area contributed by atoms with Gasteiger partial charge >= 0.3 is 5.97 Å². The van der Waals surface area contributed by atoms with Crippen LogP contribution < -0.4 is 0 Å². The van der Waals surface area contributed by atoms with E-state index in [1.54, 1.807) is 36.4 Å². The minimum atomic E-state index is -3.89. The molecule has 0 bridgehead atoms. The van der Waals surface area contributed by atoms with Crippen molar-refractivity contribution < 1.29 is 18.3 Å². The molecule has 1 aromatic heterocycles. The Hall–Kier alpha value is -2.93. The van der Waals surface area contributed by atoms with Gasteiger partial charge in [-0.1, -0.05) is 35.9 Å². The molecule has 3 rings (SSSR count). The van der Waals surface area contributed by atoms with E-state index in [1.807, 2.05) is 6.92 Å². The first-order chi connectivity index (χ1) is 11.8. The van der Waals surface area contributed by atoms with Gasteiger partial charge in [0.1, 0.15) is 0 Å². The molecule has 0 aliphatic rings. The highest BCUT2D eigenvalue weighted by Crippen LogP contribution is 2.25. The highest BCUT2D eigenvalue weighted by Gasteiger charge is 2.22. The second kappa shape index (κ2) is 6.18. The number of carbonyl (C=O) groups is 1. The van der Waals surface area contributed by atoms with Gasteiger partial charge in [0.05, 0.1) is 16.1 Å². The van der Waals surface area contributed by atoms with E-state index >= 15 is 0 Å². The van der Waals surface area contributed by atoms with Gasteiger partial charge in [-0.05, 0) is 38.1 Å². The maximum absolute atomic E-state index is 13.0. The monoisotopic (exact) mass is 356 g/mol. The van der Waals surface area contributed by atoms with Gasteiger partial charge in [0.15, 0.2) is 0 Å². The van der Waals surface area contributed by atoms with Crippen LogP contribution in [0.25, 0.3) is 17.0 Å². The normalized spacial score (nSPS) is 12.5. The van der Waals surface area contributed by atoms with E-state index in [0.717, 1.165) is 9.65 Å². The van der Waals surface area contributed by atoms with E-state index in [2.05, 4.69) is 5.10 Å². The quantitative estimate of drug-likeness (QED) is 0.726. The molecule has 0 amide bonds. The van der Waals surface area contributed by atoms with Gasteiger partial charge in [-0.3, -0.25) is 0 Å².